The average molecular weight is 521 g/mol. The zero-order valence-electron chi connectivity index (χ0n) is 21.0. The molecule has 1 aliphatic carbocycles. The fraction of sp³-hybridized carbons (Fsp3) is 0.345. The highest BCUT2D eigenvalue weighted by atomic mass is 16.7. The molecule has 0 amide bonds. The highest BCUT2D eigenvalue weighted by Gasteiger charge is 2.33. The number of carbonyl (C=O) groups is 3. The Morgan fingerprint density at radius 2 is 1.55 bits per heavy atom. The molecule has 4 rings (SSSR count). The van der Waals surface area contributed by atoms with E-state index in [1.54, 1.807) is 6.08 Å². The van der Waals surface area contributed by atoms with Crippen molar-refractivity contribution in [1.82, 2.24) is 0 Å². The Morgan fingerprint density at radius 3 is 2.16 bits per heavy atom. The largest absolute Gasteiger partial charge is 0.508 e. The fourth-order valence-electron chi connectivity index (χ4n) is 4.40. The van der Waals surface area contributed by atoms with Crippen molar-refractivity contribution in [3.8, 4) is 23.5 Å². The third kappa shape index (κ3) is 6.59. The lowest BCUT2D eigenvalue weighted by molar-refractivity contribution is -0.206. The van der Waals surface area contributed by atoms with Crippen LogP contribution in [0.2, 0.25) is 0 Å². The monoisotopic (exact) mass is 520 g/mol. The van der Waals surface area contributed by atoms with Crippen molar-refractivity contribution < 1.29 is 42.8 Å². The van der Waals surface area contributed by atoms with Crippen LogP contribution < -0.4 is 0 Å². The quantitative estimate of drug-likeness (QED) is 0.211. The number of hydrogen-bond acceptors (Lipinski definition) is 9. The van der Waals surface area contributed by atoms with Crippen molar-refractivity contribution in [2.24, 2.45) is 0 Å². The van der Waals surface area contributed by atoms with E-state index in [4.69, 9.17) is 34.8 Å². The van der Waals surface area contributed by atoms with Crippen LogP contribution in [0.3, 0.4) is 0 Å². The zero-order valence-corrected chi connectivity index (χ0v) is 21.0. The van der Waals surface area contributed by atoms with Crippen molar-refractivity contribution in [2.45, 2.75) is 44.4 Å². The van der Waals surface area contributed by atoms with Crippen LogP contribution in [0.15, 0.2) is 60.7 Å². The smallest absolute Gasteiger partial charge is 0.463 e. The van der Waals surface area contributed by atoms with Gasteiger partial charge in [0.1, 0.15) is 32.0 Å². The van der Waals surface area contributed by atoms with Crippen LogP contribution in [-0.2, 0) is 38.0 Å². The van der Waals surface area contributed by atoms with Crippen LogP contribution in [0.5, 0.6) is 0 Å². The highest BCUT2D eigenvalue weighted by molar-refractivity contribution is 5.79. The van der Waals surface area contributed by atoms with E-state index in [2.05, 4.69) is 5.92 Å². The Balaban J connectivity index is 1.29. The second kappa shape index (κ2) is 12.4. The van der Waals surface area contributed by atoms with E-state index in [9.17, 15) is 14.4 Å². The molecule has 2 aliphatic rings. The maximum atomic E-state index is 12.4. The van der Waals surface area contributed by atoms with Gasteiger partial charge in [0.15, 0.2) is 12.4 Å². The van der Waals surface area contributed by atoms with Gasteiger partial charge in [-0.1, -0.05) is 54.5 Å². The van der Waals surface area contributed by atoms with E-state index in [-0.39, 0.29) is 25.7 Å². The van der Waals surface area contributed by atoms with Crippen LogP contribution >= 0.6 is 0 Å². The van der Waals surface area contributed by atoms with E-state index in [0.29, 0.717) is 0 Å². The first-order valence-electron chi connectivity index (χ1n) is 12.1. The van der Waals surface area contributed by atoms with Gasteiger partial charge in [-0.05, 0) is 34.4 Å². The van der Waals surface area contributed by atoms with Gasteiger partial charge in [0, 0.05) is 19.8 Å². The first kappa shape index (κ1) is 26.9. The molecular weight excluding hydrogens is 492 g/mol. The van der Waals surface area contributed by atoms with Crippen LogP contribution in [0.4, 0.5) is 4.79 Å². The summed E-state index contributed by atoms with van der Waals surface area (Å²) in [5.41, 5.74) is 4.41. The minimum atomic E-state index is -0.954. The van der Waals surface area contributed by atoms with Gasteiger partial charge in [-0.2, -0.15) is 0 Å². The molecule has 1 aliphatic heterocycles. The van der Waals surface area contributed by atoms with Crippen molar-refractivity contribution in [1.29, 1.82) is 0 Å². The maximum Gasteiger partial charge on any atom is 0.508 e. The van der Waals surface area contributed by atoms with E-state index in [0.717, 1.165) is 22.3 Å². The minimum absolute atomic E-state index is 0.102. The summed E-state index contributed by atoms with van der Waals surface area (Å²) in [6, 6.07) is 16.0. The van der Waals surface area contributed by atoms with Gasteiger partial charge in [-0.15, -0.1) is 6.42 Å². The second-order valence-corrected chi connectivity index (χ2v) is 8.69. The van der Waals surface area contributed by atoms with Gasteiger partial charge in [-0.3, -0.25) is 9.59 Å². The zero-order chi connectivity index (χ0) is 27.1. The Morgan fingerprint density at radius 1 is 0.895 bits per heavy atom. The van der Waals surface area contributed by atoms with Crippen molar-refractivity contribution in [2.75, 3.05) is 19.8 Å². The Kier molecular flexibility index (Phi) is 8.79. The van der Waals surface area contributed by atoms with Crippen molar-refractivity contribution in [3.63, 3.8) is 0 Å². The number of benzene rings is 2. The lowest BCUT2D eigenvalue weighted by Crippen LogP contribution is -2.43. The van der Waals surface area contributed by atoms with Crippen LogP contribution in [-0.4, -0.2) is 62.5 Å². The number of hydrogen-bond donors (Lipinski definition) is 0. The molecule has 0 radical (unpaired) electrons. The summed E-state index contributed by atoms with van der Waals surface area (Å²) in [4.78, 5) is 35.0. The predicted octanol–water partition coefficient (Wildman–Crippen LogP) is 3.75. The van der Waals surface area contributed by atoms with E-state index in [1.165, 1.54) is 19.9 Å². The van der Waals surface area contributed by atoms with E-state index in [1.807, 2.05) is 48.5 Å². The first-order valence-corrected chi connectivity index (χ1v) is 12.1. The molecule has 9 heteroatoms. The summed E-state index contributed by atoms with van der Waals surface area (Å²) < 4.78 is 32.2. The van der Waals surface area contributed by atoms with Gasteiger partial charge in [0.05, 0.1) is 0 Å². The molecule has 0 bridgehead atoms. The number of rotatable bonds is 9. The van der Waals surface area contributed by atoms with E-state index >= 15 is 0 Å². The number of fused-ring (bicyclic) bond motifs is 3. The van der Waals surface area contributed by atoms with E-state index < -0.39 is 42.7 Å². The summed E-state index contributed by atoms with van der Waals surface area (Å²) in [7, 11) is 0. The lowest BCUT2D eigenvalue weighted by atomic mass is 9.98. The molecule has 38 heavy (non-hydrogen) atoms. The SMILES string of the molecule is C#CC(COC(=O)OCC1c2ccccc2-c2ccccc21)O[C@@H]1C=C[C@H](OC(C)=O)C(COC(C)=O)O1. The molecule has 1 heterocycles. The van der Waals surface area contributed by atoms with Crippen molar-refractivity contribution in [3.05, 3.63) is 71.8 Å². The Hall–Kier alpha value is -4.13. The molecule has 2 aromatic carbocycles. The molecule has 0 N–H and O–H groups in total. The third-order valence-electron chi connectivity index (χ3n) is 6.05. The number of esters is 2. The standard InChI is InChI=1S/C29H28O9/c1-4-20(37-28-14-13-26(36-19(3)31)27(38-28)17-33-18(2)30)15-34-29(32)35-16-25-23-11-7-5-9-21(23)22-10-6-8-12-24(22)25/h1,5-14,20,25-28H,15-17H2,2-3H3/t20?,26-,27?,28-/m0/s1. The number of ether oxygens (including phenoxy) is 6. The minimum Gasteiger partial charge on any atom is -0.463 e. The first-order chi connectivity index (χ1) is 18.4. The normalized spacial score (nSPS) is 20.4. The molecule has 0 saturated heterocycles. The van der Waals surface area contributed by atoms with Gasteiger partial charge < -0.3 is 28.4 Å². The molecule has 198 valence electrons. The van der Waals surface area contributed by atoms with Crippen molar-refractivity contribution >= 4 is 18.1 Å². The second-order valence-electron chi connectivity index (χ2n) is 8.69. The summed E-state index contributed by atoms with van der Waals surface area (Å²) in [5, 5.41) is 0. The van der Waals surface area contributed by atoms with Crippen LogP contribution in [0, 0.1) is 12.3 Å². The highest BCUT2D eigenvalue weighted by Crippen LogP contribution is 2.44. The molecule has 2 aromatic rings. The third-order valence-corrected chi connectivity index (χ3v) is 6.05. The fourth-order valence-corrected chi connectivity index (χ4v) is 4.40. The van der Waals surface area contributed by atoms with Gasteiger partial charge in [-0.25, -0.2) is 4.79 Å². The van der Waals surface area contributed by atoms with Gasteiger partial charge >= 0.3 is 18.1 Å². The lowest BCUT2D eigenvalue weighted by Gasteiger charge is -2.32. The Bertz CT molecular complexity index is 1200. The molecule has 2 unspecified atom stereocenters. The van der Waals surface area contributed by atoms with Gasteiger partial charge in [0.2, 0.25) is 0 Å². The predicted molar refractivity (Wildman–Crippen MR) is 135 cm³/mol. The summed E-state index contributed by atoms with van der Waals surface area (Å²) in [5.74, 6) is 1.26. The molecule has 0 aromatic heterocycles. The number of carbonyl (C=O) groups excluding carboxylic acids is 3. The molecule has 0 saturated carbocycles. The summed E-state index contributed by atoms with van der Waals surface area (Å²) in [6.45, 7) is 2.19. The topological polar surface area (TPSA) is 107 Å². The average Bonchev–Trinajstić information content (AvgIpc) is 3.23. The molecule has 0 spiro atoms. The van der Waals surface area contributed by atoms with Gasteiger partial charge in [0.25, 0.3) is 0 Å². The maximum absolute atomic E-state index is 12.4. The molecular formula is C29H28O9. The summed E-state index contributed by atoms with van der Waals surface area (Å²) >= 11 is 0. The van der Waals surface area contributed by atoms with Crippen LogP contribution in [0.25, 0.3) is 11.1 Å². The van der Waals surface area contributed by atoms with Crippen LogP contribution in [0.1, 0.15) is 30.9 Å². The molecule has 9 nitrogen and oxygen atoms in total. The molecule has 0 fully saturated rings. The number of terminal acetylenes is 1. The molecule has 4 atom stereocenters. The Labute approximate surface area is 220 Å². The summed E-state index contributed by atoms with van der Waals surface area (Å²) in [6.07, 6.45) is 4.27.